The molecule has 2 heterocycles. The Labute approximate surface area is 188 Å². The first-order valence-corrected chi connectivity index (χ1v) is 10.6. The van der Waals surface area contributed by atoms with Crippen LogP contribution in [0.4, 0.5) is 0 Å². The Balaban J connectivity index is 1.40. The summed E-state index contributed by atoms with van der Waals surface area (Å²) in [7, 11) is 1.64. The number of rotatable bonds is 9. The number of ether oxygens (including phenoxy) is 2. The summed E-state index contributed by atoms with van der Waals surface area (Å²) in [6.45, 7) is 3.96. The Hall–Kier alpha value is -3.64. The highest BCUT2D eigenvalue weighted by atomic mass is 16.5. The summed E-state index contributed by atoms with van der Waals surface area (Å²) in [5.41, 5.74) is 4.62. The van der Waals surface area contributed by atoms with Crippen molar-refractivity contribution in [3.63, 3.8) is 0 Å². The lowest BCUT2D eigenvalue weighted by Gasteiger charge is -2.23. The second kappa shape index (κ2) is 10.1. The maximum Gasteiger partial charge on any atom is 0.254 e. The molecule has 0 aliphatic carbocycles. The number of nitrogens with zero attached hydrogens (tertiary/aromatic N) is 3. The summed E-state index contributed by atoms with van der Waals surface area (Å²) in [4.78, 5) is 19.5. The molecule has 164 valence electrons. The zero-order valence-corrected chi connectivity index (χ0v) is 18.4. The Bertz CT molecular complexity index is 1170. The molecule has 0 aliphatic rings. The van der Waals surface area contributed by atoms with Crippen LogP contribution in [0.15, 0.2) is 79.1 Å². The third-order valence-electron chi connectivity index (χ3n) is 5.21. The lowest BCUT2D eigenvalue weighted by atomic mass is 10.1. The summed E-state index contributed by atoms with van der Waals surface area (Å²) in [5, 5.41) is 0. The van der Waals surface area contributed by atoms with E-state index in [2.05, 4.69) is 11.9 Å². The number of benzene rings is 2. The molecule has 2 aromatic carbocycles. The number of hydrogen-bond donors (Lipinski definition) is 0. The molecule has 0 saturated carbocycles. The molecule has 4 aromatic rings. The zero-order chi connectivity index (χ0) is 22.3. The van der Waals surface area contributed by atoms with Crippen molar-refractivity contribution in [1.29, 1.82) is 0 Å². The van der Waals surface area contributed by atoms with E-state index in [1.165, 1.54) is 5.56 Å². The normalized spacial score (nSPS) is 10.9. The minimum Gasteiger partial charge on any atom is -0.487 e. The number of pyridine rings is 1. The summed E-state index contributed by atoms with van der Waals surface area (Å²) in [6, 6.07) is 21.2. The Morgan fingerprint density at radius 3 is 2.53 bits per heavy atom. The number of carbonyl (C=O) groups is 1. The lowest BCUT2D eigenvalue weighted by Crippen LogP contribution is -2.33. The predicted molar refractivity (Wildman–Crippen MR) is 124 cm³/mol. The van der Waals surface area contributed by atoms with Gasteiger partial charge in [-0.25, -0.2) is 4.98 Å². The highest BCUT2D eigenvalue weighted by Crippen LogP contribution is 2.17. The summed E-state index contributed by atoms with van der Waals surface area (Å²) < 4.78 is 13.1. The van der Waals surface area contributed by atoms with Gasteiger partial charge in [-0.1, -0.05) is 36.4 Å². The molecule has 6 heteroatoms. The quantitative estimate of drug-likeness (QED) is 0.393. The molecule has 0 fully saturated rings. The van der Waals surface area contributed by atoms with Crippen molar-refractivity contribution in [2.75, 3.05) is 20.3 Å². The minimum absolute atomic E-state index is 0.0341. The largest absolute Gasteiger partial charge is 0.487 e. The third-order valence-corrected chi connectivity index (χ3v) is 5.21. The van der Waals surface area contributed by atoms with Gasteiger partial charge < -0.3 is 18.8 Å². The van der Waals surface area contributed by atoms with Crippen LogP contribution in [0.3, 0.4) is 0 Å². The van der Waals surface area contributed by atoms with Gasteiger partial charge in [0.05, 0.1) is 12.3 Å². The number of aryl methyl sites for hydroxylation is 1. The van der Waals surface area contributed by atoms with Crippen LogP contribution < -0.4 is 4.74 Å². The van der Waals surface area contributed by atoms with Gasteiger partial charge in [-0.2, -0.15) is 0 Å². The number of amides is 1. The first-order valence-electron chi connectivity index (χ1n) is 10.6. The minimum atomic E-state index is -0.0341. The first-order chi connectivity index (χ1) is 15.6. The molecule has 0 unspecified atom stereocenters. The molecule has 0 radical (unpaired) electrons. The third kappa shape index (κ3) is 5.34. The SMILES string of the molecule is COCCN(Cc1ccccc1)C(=O)c1ccc(OCc2cn3cc(C)ccc3n2)cc1. The van der Waals surface area contributed by atoms with Crippen molar-refractivity contribution in [2.45, 2.75) is 20.1 Å². The standard InChI is InChI=1S/C26H27N3O3/c1-20-8-13-25-27-23(18-29(25)16-20)19-32-24-11-9-22(10-12-24)26(30)28(14-15-31-2)17-21-6-4-3-5-7-21/h3-13,16,18H,14-15,17,19H2,1-2H3. The number of imidazole rings is 1. The van der Waals surface area contributed by atoms with Gasteiger partial charge in [0.2, 0.25) is 0 Å². The molecule has 1 amide bonds. The van der Waals surface area contributed by atoms with Crippen LogP contribution in [0, 0.1) is 6.92 Å². The van der Waals surface area contributed by atoms with Crippen LogP contribution in [0.2, 0.25) is 0 Å². The molecule has 4 rings (SSSR count). The molecular formula is C26H27N3O3. The fourth-order valence-electron chi connectivity index (χ4n) is 3.52. The van der Waals surface area contributed by atoms with Crippen LogP contribution in [0.1, 0.15) is 27.2 Å². The average Bonchev–Trinajstić information content (AvgIpc) is 3.23. The molecule has 0 spiro atoms. The predicted octanol–water partition coefficient (Wildman–Crippen LogP) is 4.51. The van der Waals surface area contributed by atoms with Crippen molar-refractivity contribution in [2.24, 2.45) is 0 Å². The molecule has 0 aliphatic heterocycles. The monoisotopic (exact) mass is 429 g/mol. The van der Waals surface area contributed by atoms with Gasteiger partial charge in [0, 0.05) is 38.2 Å². The van der Waals surface area contributed by atoms with Crippen molar-refractivity contribution in [3.8, 4) is 5.75 Å². The van der Waals surface area contributed by atoms with E-state index in [0.717, 1.165) is 16.9 Å². The molecule has 2 aromatic heterocycles. The van der Waals surface area contributed by atoms with Crippen molar-refractivity contribution < 1.29 is 14.3 Å². The van der Waals surface area contributed by atoms with Crippen molar-refractivity contribution in [1.82, 2.24) is 14.3 Å². The molecule has 0 atom stereocenters. The smallest absolute Gasteiger partial charge is 0.254 e. The number of fused-ring (bicyclic) bond motifs is 1. The number of carbonyl (C=O) groups excluding carboxylic acids is 1. The van der Waals surface area contributed by atoms with Gasteiger partial charge in [-0.15, -0.1) is 0 Å². The van der Waals surface area contributed by atoms with Crippen LogP contribution >= 0.6 is 0 Å². The van der Waals surface area contributed by atoms with E-state index in [4.69, 9.17) is 9.47 Å². The second-order valence-electron chi connectivity index (χ2n) is 7.72. The average molecular weight is 430 g/mol. The highest BCUT2D eigenvalue weighted by Gasteiger charge is 2.16. The van der Waals surface area contributed by atoms with E-state index in [0.29, 0.717) is 37.6 Å². The van der Waals surface area contributed by atoms with Gasteiger partial charge >= 0.3 is 0 Å². The Morgan fingerprint density at radius 1 is 1.00 bits per heavy atom. The van der Waals surface area contributed by atoms with Crippen LogP contribution in [0.5, 0.6) is 5.75 Å². The molecule has 32 heavy (non-hydrogen) atoms. The van der Waals surface area contributed by atoms with E-state index >= 15 is 0 Å². The van der Waals surface area contributed by atoms with Crippen molar-refractivity contribution in [3.05, 3.63) is 102 Å². The lowest BCUT2D eigenvalue weighted by molar-refractivity contribution is 0.0680. The fourth-order valence-corrected chi connectivity index (χ4v) is 3.52. The molecule has 6 nitrogen and oxygen atoms in total. The van der Waals surface area contributed by atoms with Gasteiger partial charge in [-0.05, 0) is 48.4 Å². The number of hydrogen-bond acceptors (Lipinski definition) is 4. The van der Waals surface area contributed by atoms with E-state index < -0.39 is 0 Å². The van der Waals surface area contributed by atoms with Gasteiger partial charge in [0.1, 0.15) is 18.0 Å². The molecular weight excluding hydrogens is 402 g/mol. The molecule has 0 saturated heterocycles. The Morgan fingerprint density at radius 2 is 1.78 bits per heavy atom. The maximum atomic E-state index is 13.1. The van der Waals surface area contributed by atoms with Gasteiger partial charge in [-0.3, -0.25) is 4.79 Å². The van der Waals surface area contributed by atoms with E-state index in [-0.39, 0.29) is 5.91 Å². The van der Waals surface area contributed by atoms with Crippen LogP contribution in [0.25, 0.3) is 5.65 Å². The topological polar surface area (TPSA) is 56.1 Å². The maximum absolute atomic E-state index is 13.1. The Kier molecular flexibility index (Phi) is 6.82. The van der Waals surface area contributed by atoms with E-state index in [1.54, 1.807) is 24.1 Å². The first kappa shape index (κ1) is 21.6. The van der Waals surface area contributed by atoms with Gasteiger partial charge in [0.15, 0.2) is 0 Å². The van der Waals surface area contributed by atoms with E-state index in [1.807, 2.05) is 71.4 Å². The highest BCUT2D eigenvalue weighted by molar-refractivity contribution is 5.94. The summed E-state index contributed by atoms with van der Waals surface area (Å²) >= 11 is 0. The number of methoxy groups -OCH3 is 1. The molecule has 0 bridgehead atoms. The molecule has 0 N–H and O–H groups in total. The van der Waals surface area contributed by atoms with Crippen LogP contribution in [-0.2, 0) is 17.9 Å². The number of aromatic nitrogens is 2. The van der Waals surface area contributed by atoms with Crippen molar-refractivity contribution >= 4 is 11.6 Å². The van der Waals surface area contributed by atoms with Crippen LogP contribution in [-0.4, -0.2) is 40.5 Å². The van der Waals surface area contributed by atoms with Gasteiger partial charge in [0.25, 0.3) is 5.91 Å². The summed E-state index contributed by atoms with van der Waals surface area (Å²) in [5.74, 6) is 0.662. The second-order valence-corrected chi connectivity index (χ2v) is 7.72. The fraction of sp³-hybridized carbons (Fsp3) is 0.231. The van der Waals surface area contributed by atoms with E-state index in [9.17, 15) is 4.79 Å². The zero-order valence-electron chi connectivity index (χ0n) is 18.4. The summed E-state index contributed by atoms with van der Waals surface area (Å²) in [6.07, 6.45) is 4.01.